The molecule has 4 unspecified atom stereocenters. The second-order valence-corrected chi connectivity index (χ2v) is 6.16. The molecule has 2 aliphatic carbocycles. The van der Waals surface area contributed by atoms with Crippen LogP contribution in [0.5, 0.6) is 0 Å². The van der Waals surface area contributed by atoms with Crippen molar-refractivity contribution in [3.05, 3.63) is 0 Å². The van der Waals surface area contributed by atoms with Crippen LogP contribution in [0.2, 0.25) is 0 Å². The van der Waals surface area contributed by atoms with Gasteiger partial charge in [0.05, 0.1) is 0 Å². The largest absolute Gasteiger partial charge is 0.337 e. The smallest absolute Gasteiger partial charge is 0.226 e. The minimum absolute atomic E-state index is 0.387. The van der Waals surface area contributed by atoms with Crippen molar-refractivity contribution in [1.82, 2.24) is 4.90 Å². The Kier molecular flexibility index (Phi) is 2.49. The van der Waals surface area contributed by atoms with E-state index in [9.17, 15) is 4.79 Å². The standard InChI is InChI=1S/C14H23NO/c1-3-13-5-4-9(2)15(13)14(16)12-7-10-6-11(10)8-12/h9-13H,3-8H2,1-2H3. The van der Waals surface area contributed by atoms with Crippen LogP contribution < -0.4 is 0 Å². The fourth-order valence-corrected chi connectivity index (χ4v) is 4.00. The van der Waals surface area contributed by atoms with Crippen molar-refractivity contribution in [3.8, 4) is 0 Å². The number of likely N-dealkylation sites (tertiary alicyclic amines) is 1. The lowest BCUT2D eigenvalue weighted by Gasteiger charge is -2.31. The summed E-state index contributed by atoms with van der Waals surface area (Å²) in [6.07, 6.45) is 7.38. The Morgan fingerprint density at radius 1 is 1.19 bits per heavy atom. The number of carbonyl (C=O) groups is 1. The molecule has 2 saturated carbocycles. The normalized spacial score (nSPS) is 45.9. The van der Waals surface area contributed by atoms with E-state index in [0.29, 0.717) is 23.9 Å². The van der Waals surface area contributed by atoms with Gasteiger partial charge < -0.3 is 4.90 Å². The van der Waals surface area contributed by atoms with Crippen LogP contribution in [0.15, 0.2) is 0 Å². The van der Waals surface area contributed by atoms with Gasteiger partial charge in [-0.1, -0.05) is 6.92 Å². The molecule has 3 aliphatic rings. The molecule has 1 saturated heterocycles. The third kappa shape index (κ3) is 1.57. The minimum Gasteiger partial charge on any atom is -0.337 e. The van der Waals surface area contributed by atoms with E-state index in [4.69, 9.17) is 0 Å². The Morgan fingerprint density at radius 2 is 1.88 bits per heavy atom. The van der Waals surface area contributed by atoms with E-state index in [-0.39, 0.29) is 0 Å². The van der Waals surface area contributed by atoms with E-state index in [1.54, 1.807) is 0 Å². The summed E-state index contributed by atoms with van der Waals surface area (Å²) in [6, 6.07) is 1.04. The fourth-order valence-electron chi connectivity index (χ4n) is 4.00. The first kappa shape index (κ1) is 10.6. The predicted octanol–water partition coefficient (Wildman–Crippen LogP) is 2.82. The van der Waals surface area contributed by atoms with E-state index < -0.39 is 0 Å². The lowest BCUT2D eigenvalue weighted by atomic mass is 10.0. The van der Waals surface area contributed by atoms with Gasteiger partial charge in [-0.3, -0.25) is 4.79 Å². The highest BCUT2D eigenvalue weighted by molar-refractivity contribution is 5.80. The third-order valence-electron chi connectivity index (χ3n) is 5.10. The summed E-state index contributed by atoms with van der Waals surface area (Å²) in [5, 5.41) is 0. The Bertz CT molecular complexity index is 291. The van der Waals surface area contributed by atoms with Gasteiger partial charge in [-0.2, -0.15) is 0 Å². The summed E-state index contributed by atoms with van der Waals surface area (Å²) in [6.45, 7) is 4.44. The van der Waals surface area contributed by atoms with Crippen LogP contribution in [0.3, 0.4) is 0 Å². The molecule has 2 heteroatoms. The van der Waals surface area contributed by atoms with Gasteiger partial charge in [-0.25, -0.2) is 0 Å². The molecule has 0 spiro atoms. The second-order valence-electron chi connectivity index (χ2n) is 6.16. The molecule has 0 N–H and O–H groups in total. The van der Waals surface area contributed by atoms with Crippen LogP contribution in [0.25, 0.3) is 0 Å². The molecule has 90 valence electrons. The summed E-state index contributed by atoms with van der Waals surface area (Å²) in [5.74, 6) is 2.72. The molecule has 0 aromatic heterocycles. The average molecular weight is 221 g/mol. The van der Waals surface area contributed by atoms with Crippen LogP contribution >= 0.6 is 0 Å². The van der Waals surface area contributed by atoms with Gasteiger partial charge in [-0.15, -0.1) is 0 Å². The van der Waals surface area contributed by atoms with E-state index in [2.05, 4.69) is 18.7 Å². The molecule has 0 radical (unpaired) electrons. The van der Waals surface area contributed by atoms with E-state index >= 15 is 0 Å². The summed E-state index contributed by atoms with van der Waals surface area (Å²) in [4.78, 5) is 14.8. The molecular formula is C14H23NO. The highest BCUT2D eigenvalue weighted by atomic mass is 16.2. The first-order chi connectivity index (χ1) is 7.70. The summed E-state index contributed by atoms with van der Waals surface area (Å²) >= 11 is 0. The first-order valence-corrected chi connectivity index (χ1v) is 7.02. The Labute approximate surface area is 98.4 Å². The van der Waals surface area contributed by atoms with Crippen LogP contribution in [-0.2, 0) is 4.79 Å². The molecule has 1 heterocycles. The SMILES string of the molecule is CCC1CCC(C)N1C(=O)C1CC2CC2C1. The van der Waals surface area contributed by atoms with Gasteiger partial charge >= 0.3 is 0 Å². The Balaban J connectivity index is 1.68. The van der Waals surface area contributed by atoms with Crippen LogP contribution in [0.4, 0.5) is 0 Å². The fraction of sp³-hybridized carbons (Fsp3) is 0.929. The van der Waals surface area contributed by atoms with Crippen molar-refractivity contribution < 1.29 is 4.79 Å². The third-order valence-corrected chi connectivity index (χ3v) is 5.10. The monoisotopic (exact) mass is 221 g/mol. The summed E-state index contributed by atoms with van der Waals surface area (Å²) in [7, 11) is 0. The molecule has 3 rings (SSSR count). The highest BCUT2D eigenvalue weighted by Crippen LogP contribution is 2.55. The predicted molar refractivity (Wildman–Crippen MR) is 63.9 cm³/mol. The molecule has 1 aliphatic heterocycles. The van der Waals surface area contributed by atoms with Gasteiger partial charge in [0.25, 0.3) is 0 Å². The number of hydrogen-bond acceptors (Lipinski definition) is 1. The van der Waals surface area contributed by atoms with Crippen LogP contribution in [0.1, 0.15) is 52.4 Å². The van der Waals surface area contributed by atoms with Crippen molar-refractivity contribution in [2.45, 2.75) is 64.5 Å². The van der Waals surface area contributed by atoms with E-state index in [1.807, 2.05) is 0 Å². The maximum atomic E-state index is 12.5. The molecule has 0 aromatic carbocycles. The molecule has 16 heavy (non-hydrogen) atoms. The van der Waals surface area contributed by atoms with Crippen molar-refractivity contribution in [2.75, 3.05) is 0 Å². The number of carbonyl (C=O) groups excluding carboxylic acids is 1. The molecule has 0 aromatic rings. The lowest BCUT2D eigenvalue weighted by molar-refractivity contribution is -0.138. The van der Waals surface area contributed by atoms with Crippen molar-refractivity contribution in [1.29, 1.82) is 0 Å². The Hall–Kier alpha value is -0.530. The molecule has 4 atom stereocenters. The van der Waals surface area contributed by atoms with Crippen LogP contribution in [-0.4, -0.2) is 22.9 Å². The quantitative estimate of drug-likeness (QED) is 0.702. The van der Waals surface area contributed by atoms with Crippen LogP contribution in [0, 0.1) is 17.8 Å². The Morgan fingerprint density at radius 3 is 2.50 bits per heavy atom. The topological polar surface area (TPSA) is 20.3 Å². The number of hydrogen-bond donors (Lipinski definition) is 0. The first-order valence-electron chi connectivity index (χ1n) is 7.02. The van der Waals surface area contributed by atoms with E-state index in [1.165, 1.54) is 32.1 Å². The van der Waals surface area contributed by atoms with Gasteiger partial charge in [-0.05, 0) is 57.3 Å². The molecule has 2 nitrogen and oxygen atoms in total. The van der Waals surface area contributed by atoms with Crippen molar-refractivity contribution in [3.63, 3.8) is 0 Å². The summed E-state index contributed by atoms with van der Waals surface area (Å²) < 4.78 is 0. The zero-order valence-electron chi connectivity index (χ0n) is 10.5. The maximum Gasteiger partial charge on any atom is 0.226 e. The zero-order chi connectivity index (χ0) is 11.3. The second kappa shape index (κ2) is 3.75. The molecular weight excluding hydrogens is 198 g/mol. The maximum absolute atomic E-state index is 12.5. The van der Waals surface area contributed by atoms with Crippen molar-refractivity contribution in [2.24, 2.45) is 17.8 Å². The number of nitrogens with zero attached hydrogens (tertiary/aromatic N) is 1. The number of rotatable bonds is 2. The summed E-state index contributed by atoms with van der Waals surface area (Å²) in [5.41, 5.74) is 0. The average Bonchev–Trinajstić information content (AvgIpc) is 2.74. The molecule has 1 amide bonds. The van der Waals surface area contributed by atoms with Gasteiger partial charge in [0, 0.05) is 18.0 Å². The van der Waals surface area contributed by atoms with Crippen molar-refractivity contribution >= 4 is 5.91 Å². The molecule has 3 fully saturated rings. The van der Waals surface area contributed by atoms with Gasteiger partial charge in [0.2, 0.25) is 5.91 Å². The lowest BCUT2D eigenvalue weighted by Crippen LogP contribution is -2.43. The van der Waals surface area contributed by atoms with E-state index in [0.717, 1.165) is 18.3 Å². The molecule has 0 bridgehead atoms. The van der Waals surface area contributed by atoms with Gasteiger partial charge in [0.1, 0.15) is 0 Å². The number of fused-ring (bicyclic) bond motifs is 1. The van der Waals surface area contributed by atoms with Gasteiger partial charge in [0.15, 0.2) is 0 Å². The zero-order valence-corrected chi connectivity index (χ0v) is 10.5. The highest BCUT2D eigenvalue weighted by Gasteiger charge is 2.50. The minimum atomic E-state index is 0.387. The number of amides is 1.